The van der Waals surface area contributed by atoms with Crippen molar-refractivity contribution in [1.29, 1.82) is 0 Å². The summed E-state index contributed by atoms with van der Waals surface area (Å²) < 4.78 is 0. The van der Waals surface area contributed by atoms with Crippen LogP contribution in [0, 0.1) is 11.8 Å². The molecule has 1 aliphatic rings. The molecule has 0 heterocycles. The molecule has 0 unspecified atom stereocenters. The van der Waals surface area contributed by atoms with Gasteiger partial charge in [0.1, 0.15) is 0 Å². The molecule has 0 aliphatic heterocycles. The highest BCUT2D eigenvalue weighted by Gasteiger charge is 2.29. The van der Waals surface area contributed by atoms with Gasteiger partial charge in [-0.05, 0) is 49.9 Å². The second-order valence-electron chi connectivity index (χ2n) is 6.51. The molecule has 1 saturated carbocycles. The minimum absolute atomic E-state index is 0.0121. The average molecular weight is 329 g/mol. The number of nitrogens with zero attached hydrogens (tertiary/aromatic N) is 1. The molecule has 1 aromatic rings. The summed E-state index contributed by atoms with van der Waals surface area (Å²) in [4.78, 5) is 26.4. The second-order valence-corrected chi connectivity index (χ2v) is 6.51. The van der Waals surface area contributed by atoms with E-state index in [2.05, 4.69) is 17.2 Å². The fraction of sp³-hybridized carbons (Fsp3) is 0.474. The van der Waals surface area contributed by atoms with Crippen LogP contribution in [0.15, 0.2) is 36.9 Å². The average Bonchev–Trinajstić information content (AvgIpc) is 2.60. The minimum atomic E-state index is -0.0121. The summed E-state index contributed by atoms with van der Waals surface area (Å²) in [5.41, 5.74) is 1.91. The third-order valence-electron chi connectivity index (χ3n) is 4.54. The van der Waals surface area contributed by atoms with E-state index in [9.17, 15) is 9.59 Å². The zero-order valence-corrected chi connectivity index (χ0v) is 14.5. The van der Waals surface area contributed by atoms with Crippen LogP contribution in [0.25, 0.3) is 0 Å². The van der Waals surface area contributed by atoms with Crippen LogP contribution in [0.1, 0.15) is 25.7 Å². The third kappa shape index (κ3) is 4.85. The fourth-order valence-electron chi connectivity index (χ4n) is 3.02. The van der Waals surface area contributed by atoms with Crippen LogP contribution in [0.3, 0.4) is 0 Å². The first kappa shape index (κ1) is 18.0. The number of benzene rings is 1. The summed E-state index contributed by atoms with van der Waals surface area (Å²) >= 11 is 0. The van der Waals surface area contributed by atoms with Gasteiger partial charge in [-0.2, -0.15) is 0 Å². The predicted molar refractivity (Wildman–Crippen MR) is 98.1 cm³/mol. The number of nitrogens with one attached hydrogen (secondary N) is 2. The molecular formula is C19H27N3O2. The van der Waals surface area contributed by atoms with Crippen molar-refractivity contribution < 1.29 is 9.59 Å². The van der Waals surface area contributed by atoms with E-state index in [0.717, 1.165) is 37.1 Å². The molecule has 0 atom stereocenters. The standard InChI is InChI=1S/C19H27N3O2/c1-4-13-20-18(23)14-5-7-15(8-6-14)19(24)21-16-9-11-17(12-10-16)22(2)3/h4,9-12,14-15H,1,5-8,13H2,2-3H3,(H,20,23)(H,21,24). The van der Waals surface area contributed by atoms with Gasteiger partial charge in [0.25, 0.3) is 0 Å². The predicted octanol–water partition coefficient (Wildman–Crippen LogP) is 2.80. The molecule has 5 nitrogen and oxygen atoms in total. The lowest BCUT2D eigenvalue weighted by Gasteiger charge is -2.27. The Labute approximate surface area is 144 Å². The molecule has 1 fully saturated rings. The maximum Gasteiger partial charge on any atom is 0.227 e. The summed E-state index contributed by atoms with van der Waals surface area (Å²) in [6, 6.07) is 7.80. The molecule has 0 saturated heterocycles. The van der Waals surface area contributed by atoms with Crippen molar-refractivity contribution in [2.45, 2.75) is 25.7 Å². The molecule has 2 amide bonds. The van der Waals surface area contributed by atoms with Gasteiger partial charge < -0.3 is 15.5 Å². The molecular weight excluding hydrogens is 302 g/mol. The summed E-state index contributed by atoms with van der Waals surface area (Å²) in [5.74, 6) is 0.140. The zero-order valence-electron chi connectivity index (χ0n) is 14.5. The first-order chi connectivity index (χ1) is 11.5. The van der Waals surface area contributed by atoms with Gasteiger partial charge in [-0.15, -0.1) is 6.58 Å². The molecule has 130 valence electrons. The number of carbonyl (C=O) groups excluding carboxylic acids is 2. The number of amides is 2. The van der Waals surface area contributed by atoms with Crippen molar-refractivity contribution in [3.05, 3.63) is 36.9 Å². The van der Waals surface area contributed by atoms with Crippen LogP contribution >= 0.6 is 0 Å². The SMILES string of the molecule is C=CCNC(=O)C1CCC(C(=O)Nc2ccc(N(C)C)cc2)CC1. The normalized spacial score (nSPS) is 20.1. The van der Waals surface area contributed by atoms with Crippen molar-refractivity contribution in [2.75, 3.05) is 30.9 Å². The minimum Gasteiger partial charge on any atom is -0.378 e. The first-order valence-corrected chi connectivity index (χ1v) is 8.48. The van der Waals surface area contributed by atoms with Crippen molar-refractivity contribution in [2.24, 2.45) is 11.8 Å². The van der Waals surface area contributed by atoms with Crippen LogP contribution in [0.4, 0.5) is 11.4 Å². The molecule has 24 heavy (non-hydrogen) atoms. The highest BCUT2D eigenvalue weighted by Crippen LogP contribution is 2.30. The monoisotopic (exact) mass is 329 g/mol. The smallest absolute Gasteiger partial charge is 0.227 e. The van der Waals surface area contributed by atoms with Crippen molar-refractivity contribution >= 4 is 23.2 Å². The summed E-state index contributed by atoms with van der Waals surface area (Å²) in [6.07, 6.45) is 4.72. The summed E-state index contributed by atoms with van der Waals surface area (Å²) in [5, 5.41) is 5.82. The molecule has 0 bridgehead atoms. The largest absolute Gasteiger partial charge is 0.378 e. The van der Waals surface area contributed by atoms with Crippen LogP contribution < -0.4 is 15.5 Å². The van der Waals surface area contributed by atoms with Crippen molar-refractivity contribution in [1.82, 2.24) is 5.32 Å². The number of rotatable bonds is 6. The second kappa shape index (κ2) is 8.52. The van der Waals surface area contributed by atoms with Crippen molar-refractivity contribution in [3.63, 3.8) is 0 Å². The van der Waals surface area contributed by atoms with E-state index in [0.29, 0.717) is 6.54 Å². The lowest BCUT2D eigenvalue weighted by atomic mass is 9.81. The van der Waals surface area contributed by atoms with E-state index in [4.69, 9.17) is 0 Å². The van der Waals surface area contributed by atoms with Crippen LogP contribution in [-0.2, 0) is 9.59 Å². The number of hydrogen-bond acceptors (Lipinski definition) is 3. The Balaban J connectivity index is 1.82. The third-order valence-corrected chi connectivity index (χ3v) is 4.54. The number of carbonyl (C=O) groups is 2. The molecule has 1 aliphatic carbocycles. The van der Waals surface area contributed by atoms with Gasteiger partial charge in [0.2, 0.25) is 11.8 Å². The lowest BCUT2D eigenvalue weighted by Crippen LogP contribution is -2.35. The van der Waals surface area contributed by atoms with Gasteiger partial charge in [0.05, 0.1) is 0 Å². The van der Waals surface area contributed by atoms with E-state index in [1.807, 2.05) is 43.3 Å². The highest BCUT2D eigenvalue weighted by atomic mass is 16.2. The summed E-state index contributed by atoms with van der Waals surface area (Å²) in [7, 11) is 3.97. The molecule has 0 aromatic heterocycles. The number of anilines is 2. The lowest BCUT2D eigenvalue weighted by molar-refractivity contribution is -0.128. The topological polar surface area (TPSA) is 61.4 Å². The molecule has 0 spiro atoms. The van der Waals surface area contributed by atoms with E-state index in [1.54, 1.807) is 6.08 Å². The maximum absolute atomic E-state index is 12.4. The fourth-order valence-corrected chi connectivity index (χ4v) is 3.02. The Morgan fingerprint density at radius 3 is 2.12 bits per heavy atom. The Morgan fingerprint density at radius 1 is 1.08 bits per heavy atom. The quantitative estimate of drug-likeness (QED) is 0.789. The van der Waals surface area contributed by atoms with Gasteiger partial charge in [0.15, 0.2) is 0 Å². The van der Waals surface area contributed by atoms with Crippen LogP contribution in [0.2, 0.25) is 0 Å². The Bertz CT molecular complexity index is 573. The molecule has 2 N–H and O–H groups in total. The van der Waals surface area contributed by atoms with E-state index in [-0.39, 0.29) is 23.7 Å². The van der Waals surface area contributed by atoms with Crippen LogP contribution in [0.5, 0.6) is 0 Å². The van der Waals surface area contributed by atoms with Gasteiger partial charge in [0, 0.05) is 43.9 Å². The molecule has 0 radical (unpaired) electrons. The van der Waals surface area contributed by atoms with E-state index >= 15 is 0 Å². The van der Waals surface area contributed by atoms with E-state index in [1.165, 1.54) is 0 Å². The number of hydrogen-bond donors (Lipinski definition) is 2. The van der Waals surface area contributed by atoms with Gasteiger partial charge in [-0.1, -0.05) is 6.08 Å². The van der Waals surface area contributed by atoms with Crippen molar-refractivity contribution in [3.8, 4) is 0 Å². The summed E-state index contributed by atoms with van der Waals surface area (Å²) in [6.45, 7) is 4.10. The first-order valence-electron chi connectivity index (χ1n) is 8.48. The Hall–Kier alpha value is -2.30. The molecule has 5 heteroatoms. The zero-order chi connectivity index (χ0) is 17.5. The molecule has 2 rings (SSSR count). The molecule has 1 aromatic carbocycles. The van der Waals surface area contributed by atoms with E-state index < -0.39 is 0 Å². The van der Waals surface area contributed by atoms with Gasteiger partial charge in [-0.25, -0.2) is 0 Å². The Kier molecular flexibility index (Phi) is 6.41. The van der Waals surface area contributed by atoms with Gasteiger partial charge in [-0.3, -0.25) is 9.59 Å². The van der Waals surface area contributed by atoms with Gasteiger partial charge >= 0.3 is 0 Å². The Morgan fingerprint density at radius 2 is 1.62 bits per heavy atom. The highest BCUT2D eigenvalue weighted by molar-refractivity contribution is 5.93. The maximum atomic E-state index is 12.4. The van der Waals surface area contributed by atoms with Crippen LogP contribution in [-0.4, -0.2) is 32.5 Å².